The third-order valence-corrected chi connectivity index (χ3v) is 3.48. The van der Waals surface area contributed by atoms with Gasteiger partial charge in [0.15, 0.2) is 0 Å². The minimum absolute atomic E-state index is 0.286. The summed E-state index contributed by atoms with van der Waals surface area (Å²) in [6.45, 7) is 0. The molecule has 5 heteroatoms. The molecule has 0 spiro atoms. The number of carbonyl (C=O) groups is 1. The summed E-state index contributed by atoms with van der Waals surface area (Å²) in [5.74, 6) is -0.288. The highest BCUT2D eigenvalue weighted by molar-refractivity contribution is 6.39. The van der Waals surface area contributed by atoms with Crippen molar-refractivity contribution in [3.05, 3.63) is 64.4 Å². The van der Waals surface area contributed by atoms with Gasteiger partial charge in [-0.3, -0.25) is 9.36 Å². The number of hydrogen-bond acceptors (Lipinski definition) is 2. The molecule has 0 N–H and O–H groups in total. The van der Waals surface area contributed by atoms with Gasteiger partial charge in [-0.2, -0.15) is 0 Å². The molecule has 3 nitrogen and oxygen atoms in total. The first-order valence-corrected chi connectivity index (χ1v) is 6.35. The van der Waals surface area contributed by atoms with Gasteiger partial charge < -0.3 is 0 Å². The smallest absolute Gasteiger partial charge is 0.266 e. The van der Waals surface area contributed by atoms with Gasteiger partial charge in [-0.15, -0.1) is 0 Å². The number of para-hydroxylation sites is 2. The lowest BCUT2D eigenvalue weighted by Gasteiger charge is -2.07. The van der Waals surface area contributed by atoms with Crippen molar-refractivity contribution in [2.75, 3.05) is 0 Å². The van der Waals surface area contributed by atoms with Crippen molar-refractivity contribution >= 4 is 40.1 Å². The Morgan fingerprint density at radius 2 is 1.68 bits per heavy atom. The van der Waals surface area contributed by atoms with Gasteiger partial charge in [0.05, 0.1) is 26.6 Å². The third kappa shape index (κ3) is 2.01. The van der Waals surface area contributed by atoms with Crippen molar-refractivity contribution in [1.29, 1.82) is 0 Å². The van der Waals surface area contributed by atoms with Crippen LogP contribution in [0.15, 0.2) is 48.8 Å². The van der Waals surface area contributed by atoms with E-state index in [-0.39, 0.29) is 11.5 Å². The summed E-state index contributed by atoms with van der Waals surface area (Å²) in [5, 5.41) is 0.658. The van der Waals surface area contributed by atoms with Crippen LogP contribution < -0.4 is 0 Å². The monoisotopic (exact) mass is 290 g/mol. The van der Waals surface area contributed by atoms with Crippen molar-refractivity contribution < 1.29 is 4.79 Å². The predicted octanol–water partition coefficient (Wildman–Crippen LogP) is 4.03. The van der Waals surface area contributed by atoms with Crippen LogP contribution in [0.25, 0.3) is 11.0 Å². The van der Waals surface area contributed by atoms with E-state index in [0.29, 0.717) is 10.0 Å². The fourth-order valence-electron chi connectivity index (χ4n) is 1.94. The number of carbonyl (C=O) groups excluding carboxylic acids is 1. The Hall–Kier alpha value is -1.84. The predicted molar refractivity (Wildman–Crippen MR) is 75.9 cm³/mol. The van der Waals surface area contributed by atoms with E-state index in [1.165, 1.54) is 10.9 Å². The third-order valence-electron chi connectivity index (χ3n) is 2.85. The minimum Gasteiger partial charge on any atom is -0.268 e. The number of nitrogens with zero attached hydrogens (tertiary/aromatic N) is 2. The number of rotatable bonds is 1. The Morgan fingerprint density at radius 1 is 1.00 bits per heavy atom. The Balaban J connectivity index is 2.20. The fourth-order valence-corrected chi connectivity index (χ4v) is 2.50. The molecule has 0 bridgehead atoms. The molecule has 1 aromatic heterocycles. The van der Waals surface area contributed by atoms with Crippen LogP contribution >= 0.6 is 23.2 Å². The van der Waals surface area contributed by atoms with Gasteiger partial charge in [0.1, 0.15) is 6.33 Å². The van der Waals surface area contributed by atoms with Gasteiger partial charge >= 0.3 is 0 Å². The first kappa shape index (κ1) is 12.2. The largest absolute Gasteiger partial charge is 0.268 e. The van der Waals surface area contributed by atoms with Crippen LogP contribution in [-0.4, -0.2) is 15.5 Å². The number of fused-ring (bicyclic) bond motifs is 1. The molecule has 0 saturated carbocycles. The van der Waals surface area contributed by atoms with Crippen LogP contribution in [0.1, 0.15) is 10.4 Å². The quantitative estimate of drug-likeness (QED) is 0.678. The zero-order chi connectivity index (χ0) is 13.4. The zero-order valence-corrected chi connectivity index (χ0v) is 11.2. The molecule has 0 aliphatic heterocycles. The van der Waals surface area contributed by atoms with Crippen LogP contribution in [0.3, 0.4) is 0 Å². The lowest BCUT2D eigenvalue weighted by Crippen LogP contribution is -2.12. The van der Waals surface area contributed by atoms with Crippen LogP contribution in [0.5, 0.6) is 0 Å². The van der Waals surface area contributed by atoms with E-state index in [0.717, 1.165) is 11.0 Å². The molecule has 0 radical (unpaired) electrons. The molecular formula is C14H8Cl2N2O. The minimum atomic E-state index is -0.288. The van der Waals surface area contributed by atoms with Gasteiger partial charge in [0.2, 0.25) is 0 Å². The maximum atomic E-state index is 12.5. The highest BCUT2D eigenvalue weighted by Crippen LogP contribution is 2.26. The summed E-state index contributed by atoms with van der Waals surface area (Å²) in [6, 6.07) is 12.4. The van der Waals surface area contributed by atoms with Gasteiger partial charge in [-0.1, -0.05) is 41.4 Å². The molecule has 1 heterocycles. The molecule has 0 aliphatic carbocycles. The Morgan fingerprint density at radius 3 is 2.42 bits per heavy atom. The summed E-state index contributed by atoms with van der Waals surface area (Å²) >= 11 is 12.1. The van der Waals surface area contributed by atoms with E-state index in [1.54, 1.807) is 18.2 Å². The Kier molecular flexibility index (Phi) is 3.01. The molecule has 0 saturated heterocycles. The summed E-state index contributed by atoms with van der Waals surface area (Å²) in [5.41, 5.74) is 1.76. The molecule has 94 valence electrons. The van der Waals surface area contributed by atoms with Crippen LogP contribution in [0, 0.1) is 0 Å². The molecule has 3 aromatic rings. The average molecular weight is 291 g/mol. The van der Waals surface area contributed by atoms with Crippen molar-refractivity contribution in [3.8, 4) is 0 Å². The van der Waals surface area contributed by atoms with Crippen molar-refractivity contribution in [2.24, 2.45) is 0 Å². The maximum Gasteiger partial charge on any atom is 0.266 e. The van der Waals surface area contributed by atoms with E-state index < -0.39 is 0 Å². The van der Waals surface area contributed by atoms with Crippen LogP contribution in [0.4, 0.5) is 0 Å². The second-order valence-corrected chi connectivity index (χ2v) is 4.82. The molecule has 0 fully saturated rings. The van der Waals surface area contributed by atoms with E-state index >= 15 is 0 Å². The summed E-state index contributed by atoms with van der Waals surface area (Å²) in [7, 11) is 0. The number of halogens is 2. The highest BCUT2D eigenvalue weighted by atomic mass is 35.5. The second kappa shape index (κ2) is 4.68. The van der Waals surface area contributed by atoms with E-state index in [4.69, 9.17) is 23.2 Å². The first-order chi connectivity index (χ1) is 9.18. The summed E-state index contributed by atoms with van der Waals surface area (Å²) in [4.78, 5) is 16.7. The normalized spacial score (nSPS) is 10.8. The second-order valence-electron chi connectivity index (χ2n) is 4.01. The van der Waals surface area contributed by atoms with Crippen LogP contribution in [-0.2, 0) is 0 Å². The number of benzene rings is 2. The fraction of sp³-hybridized carbons (Fsp3) is 0. The van der Waals surface area contributed by atoms with Crippen molar-refractivity contribution in [2.45, 2.75) is 0 Å². The number of hydrogen-bond donors (Lipinski definition) is 0. The van der Waals surface area contributed by atoms with Gasteiger partial charge in [-0.05, 0) is 24.3 Å². The SMILES string of the molecule is O=C(c1c(Cl)cccc1Cl)n1cnc2ccccc21. The molecule has 0 atom stereocenters. The topological polar surface area (TPSA) is 34.9 Å². The van der Waals surface area contributed by atoms with Gasteiger partial charge in [0.25, 0.3) is 5.91 Å². The molecule has 3 rings (SSSR count). The molecule has 0 aliphatic rings. The lowest BCUT2D eigenvalue weighted by molar-refractivity contribution is 0.0964. The summed E-state index contributed by atoms with van der Waals surface area (Å²) < 4.78 is 1.45. The van der Waals surface area contributed by atoms with E-state index in [9.17, 15) is 4.79 Å². The van der Waals surface area contributed by atoms with E-state index in [1.807, 2.05) is 24.3 Å². The molecular weight excluding hydrogens is 283 g/mol. The Labute approximate surface area is 119 Å². The van der Waals surface area contributed by atoms with Crippen molar-refractivity contribution in [3.63, 3.8) is 0 Å². The van der Waals surface area contributed by atoms with Crippen molar-refractivity contribution in [1.82, 2.24) is 9.55 Å². The molecule has 19 heavy (non-hydrogen) atoms. The maximum absolute atomic E-state index is 12.5. The average Bonchev–Trinajstić information content (AvgIpc) is 2.82. The molecule has 2 aromatic carbocycles. The lowest BCUT2D eigenvalue weighted by atomic mass is 10.2. The first-order valence-electron chi connectivity index (χ1n) is 5.59. The zero-order valence-electron chi connectivity index (χ0n) is 9.68. The summed E-state index contributed by atoms with van der Waals surface area (Å²) in [6.07, 6.45) is 1.48. The van der Waals surface area contributed by atoms with Gasteiger partial charge in [-0.25, -0.2) is 4.98 Å². The Bertz CT molecular complexity index is 760. The number of imidazole rings is 1. The van der Waals surface area contributed by atoms with Gasteiger partial charge in [0, 0.05) is 0 Å². The van der Waals surface area contributed by atoms with E-state index in [2.05, 4.69) is 4.98 Å². The highest BCUT2D eigenvalue weighted by Gasteiger charge is 2.18. The number of aromatic nitrogens is 2. The van der Waals surface area contributed by atoms with Crippen LogP contribution in [0.2, 0.25) is 10.0 Å². The molecule has 0 amide bonds. The standard InChI is InChI=1S/C14H8Cl2N2O/c15-9-4-3-5-10(16)13(9)14(19)18-8-17-11-6-1-2-7-12(11)18/h1-8H. The molecule has 0 unspecified atom stereocenters.